The highest BCUT2D eigenvalue weighted by Crippen LogP contribution is 2.25. The molecule has 1 nitrogen and oxygen atoms in total. The van der Waals surface area contributed by atoms with E-state index in [1.54, 1.807) is 0 Å². The van der Waals surface area contributed by atoms with E-state index in [1.807, 2.05) is 13.8 Å². The van der Waals surface area contributed by atoms with E-state index < -0.39 is 11.6 Å². The van der Waals surface area contributed by atoms with Gasteiger partial charge in [-0.2, -0.15) is 0 Å². The molecule has 78 valence electrons. The molecule has 1 aromatic rings. The molecule has 0 aliphatic heterocycles. The summed E-state index contributed by atoms with van der Waals surface area (Å²) < 4.78 is 31.1. The molecule has 0 radical (unpaired) electrons. The Hall–Kier alpha value is -1.12. The van der Waals surface area contributed by atoms with Gasteiger partial charge in [-0.15, -0.1) is 0 Å². The van der Waals surface area contributed by atoms with Gasteiger partial charge in [-0.05, 0) is 12.3 Å². The highest BCUT2D eigenvalue weighted by molar-refractivity contribution is 5.35. The first-order valence-corrected chi connectivity index (χ1v) is 4.56. The molecule has 3 heteroatoms. The zero-order chi connectivity index (χ0) is 10.7. The van der Waals surface area contributed by atoms with Crippen molar-refractivity contribution >= 4 is 0 Å². The molecule has 0 spiro atoms. The molecule has 0 atom stereocenters. The molecule has 0 aromatic heterocycles. The Bertz CT molecular complexity index is 321. The van der Waals surface area contributed by atoms with E-state index >= 15 is 0 Å². The van der Waals surface area contributed by atoms with Gasteiger partial charge in [-0.3, -0.25) is 0 Å². The first kappa shape index (κ1) is 11.0. The summed E-state index contributed by atoms with van der Waals surface area (Å²) in [6, 6.07) is 2.10. The third-order valence-electron chi connectivity index (χ3n) is 1.95. The van der Waals surface area contributed by atoms with Gasteiger partial charge < -0.3 is 4.74 Å². The summed E-state index contributed by atoms with van der Waals surface area (Å²) in [5.74, 6) is -0.539. The monoisotopic (exact) mass is 200 g/mol. The van der Waals surface area contributed by atoms with E-state index in [4.69, 9.17) is 4.74 Å². The van der Waals surface area contributed by atoms with Crippen LogP contribution in [0.3, 0.4) is 0 Å². The molecule has 0 saturated heterocycles. The van der Waals surface area contributed by atoms with Crippen molar-refractivity contribution in [2.45, 2.75) is 20.3 Å². The summed E-state index contributed by atoms with van der Waals surface area (Å²) in [4.78, 5) is 0. The average molecular weight is 200 g/mol. The smallest absolute Gasteiger partial charge is 0.133 e. The minimum atomic E-state index is -0.605. The van der Waals surface area contributed by atoms with Crippen molar-refractivity contribution in [3.05, 3.63) is 29.3 Å². The molecule has 0 fully saturated rings. The lowest BCUT2D eigenvalue weighted by Gasteiger charge is -2.11. The molecule has 1 aromatic carbocycles. The normalized spacial score (nSPS) is 10.7. The minimum absolute atomic E-state index is 0.288. The van der Waals surface area contributed by atoms with Gasteiger partial charge in [0, 0.05) is 17.7 Å². The second-order valence-corrected chi connectivity index (χ2v) is 3.67. The molecular weight excluding hydrogens is 186 g/mol. The third-order valence-corrected chi connectivity index (χ3v) is 1.95. The lowest BCUT2D eigenvalue weighted by molar-refractivity contribution is 0.395. The maximum absolute atomic E-state index is 13.3. The summed E-state index contributed by atoms with van der Waals surface area (Å²) in [5, 5.41) is 0. The highest BCUT2D eigenvalue weighted by atomic mass is 19.1. The number of halogens is 2. The van der Waals surface area contributed by atoms with Crippen LogP contribution in [-0.2, 0) is 6.42 Å². The predicted molar refractivity (Wildman–Crippen MR) is 51.5 cm³/mol. The molecular formula is C11H14F2O. The molecule has 0 aliphatic carbocycles. The second-order valence-electron chi connectivity index (χ2n) is 3.67. The Morgan fingerprint density at radius 2 is 1.93 bits per heavy atom. The van der Waals surface area contributed by atoms with Crippen molar-refractivity contribution < 1.29 is 13.5 Å². The molecule has 0 amide bonds. The number of ether oxygens (including phenoxy) is 1. The molecule has 0 aliphatic rings. The summed E-state index contributed by atoms with van der Waals surface area (Å²) in [6.45, 7) is 3.95. The zero-order valence-corrected chi connectivity index (χ0v) is 8.60. The van der Waals surface area contributed by atoms with Crippen molar-refractivity contribution in [3.8, 4) is 5.75 Å². The SMILES string of the molecule is COc1cc(F)cc(F)c1CC(C)C. The summed E-state index contributed by atoms with van der Waals surface area (Å²) >= 11 is 0. The van der Waals surface area contributed by atoms with Gasteiger partial charge in [0.1, 0.15) is 17.4 Å². The Morgan fingerprint density at radius 1 is 1.29 bits per heavy atom. The van der Waals surface area contributed by atoms with Crippen molar-refractivity contribution in [1.29, 1.82) is 0 Å². The second kappa shape index (κ2) is 4.40. The number of rotatable bonds is 3. The standard InChI is InChI=1S/C11H14F2O/c1-7(2)4-9-10(13)5-8(12)6-11(9)14-3/h5-7H,4H2,1-3H3. The van der Waals surface area contributed by atoms with Crippen LogP contribution >= 0.6 is 0 Å². The lowest BCUT2D eigenvalue weighted by Crippen LogP contribution is -2.02. The molecule has 0 saturated carbocycles. The Morgan fingerprint density at radius 3 is 2.43 bits per heavy atom. The van der Waals surface area contributed by atoms with E-state index in [0.717, 1.165) is 6.07 Å². The third kappa shape index (κ3) is 2.44. The van der Waals surface area contributed by atoms with Crippen LogP contribution in [0.25, 0.3) is 0 Å². The summed E-state index contributed by atoms with van der Waals surface area (Å²) in [5.41, 5.74) is 0.448. The van der Waals surface area contributed by atoms with Crippen LogP contribution in [0.5, 0.6) is 5.75 Å². The maximum Gasteiger partial charge on any atom is 0.133 e. The highest BCUT2D eigenvalue weighted by Gasteiger charge is 2.12. The van der Waals surface area contributed by atoms with Gasteiger partial charge in [-0.25, -0.2) is 8.78 Å². The van der Waals surface area contributed by atoms with E-state index in [-0.39, 0.29) is 5.75 Å². The van der Waals surface area contributed by atoms with Crippen LogP contribution < -0.4 is 4.74 Å². The van der Waals surface area contributed by atoms with Crippen molar-refractivity contribution in [2.24, 2.45) is 5.92 Å². The Labute approximate surface area is 82.7 Å². The minimum Gasteiger partial charge on any atom is -0.496 e. The van der Waals surface area contributed by atoms with Gasteiger partial charge in [0.25, 0.3) is 0 Å². The van der Waals surface area contributed by atoms with E-state index in [0.29, 0.717) is 17.9 Å². The fraction of sp³-hybridized carbons (Fsp3) is 0.455. The predicted octanol–water partition coefficient (Wildman–Crippen LogP) is 3.17. The molecule has 14 heavy (non-hydrogen) atoms. The fourth-order valence-corrected chi connectivity index (χ4v) is 1.37. The molecule has 0 heterocycles. The van der Waals surface area contributed by atoms with Gasteiger partial charge >= 0.3 is 0 Å². The topological polar surface area (TPSA) is 9.23 Å². The van der Waals surface area contributed by atoms with E-state index in [2.05, 4.69) is 0 Å². The number of benzene rings is 1. The fourth-order valence-electron chi connectivity index (χ4n) is 1.37. The summed E-state index contributed by atoms with van der Waals surface area (Å²) in [6.07, 6.45) is 0.551. The lowest BCUT2D eigenvalue weighted by atomic mass is 10.0. The zero-order valence-electron chi connectivity index (χ0n) is 8.60. The van der Waals surface area contributed by atoms with Crippen LogP contribution in [0.1, 0.15) is 19.4 Å². The quantitative estimate of drug-likeness (QED) is 0.728. The number of methoxy groups -OCH3 is 1. The van der Waals surface area contributed by atoms with Gasteiger partial charge in [0.05, 0.1) is 7.11 Å². The van der Waals surface area contributed by atoms with Crippen molar-refractivity contribution in [1.82, 2.24) is 0 Å². The largest absolute Gasteiger partial charge is 0.496 e. The first-order chi connectivity index (χ1) is 6.54. The van der Waals surface area contributed by atoms with Crippen molar-refractivity contribution in [3.63, 3.8) is 0 Å². The van der Waals surface area contributed by atoms with Crippen LogP contribution in [0.4, 0.5) is 8.78 Å². The van der Waals surface area contributed by atoms with Crippen LogP contribution in [0.2, 0.25) is 0 Å². The molecule has 0 N–H and O–H groups in total. The number of hydrogen-bond donors (Lipinski definition) is 0. The van der Waals surface area contributed by atoms with Gasteiger partial charge in [-0.1, -0.05) is 13.8 Å². The Balaban J connectivity index is 3.11. The molecule has 0 unspecified atom stereocenters. The maximum atomic E-state index is 13.3. The molecule has 0 bridgehead atoms. The Kier molecular flexibility index (Phi) is 3.44. The number of hydrogen-bond acceptors (Lipinski definition) is 1. The van der Waals surface area contributed by atoms with Gasteiger partial charge in [0.2, 0.25) is 0 Å². The molecule has 1 rings (SSSR count). The van der Waals surface area contributed by atoms with Crippen LogP contribution in [-0.4, -0.2) is 7.11 Å². The first-order valence-electron chi connectivity index (χ1n) is 4.56. The summed E-state index contributed by atoms with van der Waals surface area (Å²) in [7, 11) is 1.41. The van der Waals surface area contributed by atoms with E-state index in [1.165, 1.54) is 13.2 Å². The van der Waals surface area contributed by atoms with Crippen molar-refractivity contribution in [2.75, 3.05) is 7.11 Å². The van der Waals surface area contributed by atoms with Crippen LogP contribution in [0.15, 0.2) is 12.1 Å². The van der Waals surface area contributed by atoms with Gasteiger partial charge in [0.15, 0.2) is 0 Å². The average Bonchev–Trinajstić information content (AvgIpc) is 2.08. The van der Waals surface area contributed by atoms with E-state index in [9.17, 15) is 8.78 Å². The van der Waals surface area contributed by atoms with Crippen LogP contribution in [0, 0.1) is 17.6 Å².